The highest BCUT2D eigenvalue weighted by Gasteiger charge is 2.57. The number of amides is 1. The third-order valence-corrected chi connectivity index (χ3v) is 13.5. The first-order valence-electron chi connectivity index (χ1n) is 21.5. The predicted molar refractivity (Wildman–Crippen MR) is 241 cm³/mol. The number of carbonyl (C=O) groups excluding carboxylic acids is 3. The lowest BCUT2D eigenvalue weighted by Gasteiger charge is -2.36. The van der Waals surface area contributed by atoms with Crippen molar-refractivity contribution in [3.63, 3.8) is 0 Å². The van der Waals surface area contributed by atoms with E-state index in [9.17, 15) is 14.4 Å². The summed E-state index contributed by atoms with van der Waals surface area (Å²) in [6, 6.07) is 16.3. The lowest BCUT2D eigenvalue weighted by molar-refractivity contribution is -0.149. The van der Waals surface area contributed by atoms with E-state index >= 15 is 0 Å². The van der Waals surface area contributed by atoms with E-state index in [4.69, 9.17) is 44.0 Å². The van der Waals surface area contributed by atoms with E-state index in [1.54, 1.807) is 12.0 Å². The second kappa shape index (κ2) is 23.3. The molecule has 5 rings (SSSR count). The molecule has 6 N–H and O–H groups in total. The van der Waals surface area contributed by atoms with Crippen molar-refractivity contribution in [1.29, 1.82) is 0 Å². The molecule has 0 unspecified atom stereocenters. The van der Waals surface area contributed by atoms with Crippen LogP contribution in [-0.2, 0) is 46.3 Å². The molecule has 3 saturated heterocycles. The largest absolute Gasteiger partial charge is 0.497 e. The van der Waals surface area contributed by atoms with Gasteiger partial charge in [-0.05, 0) is 100 Å². The molecule has 15 nitrogen and oxygen atoms in total. The number of methoxy groups -OCH3 is 3. The lowest BCUT2D eigenvalue weighted by Crippen LogP contribution is -2.49. The van der Waals surface area contributed by atoms with E-state index in [0.717, 1.165) is 23.3 Å². The molecule has 6 atom stereocenters. The van der Waals surface area contributed by atoms with Crippen LogP contribution in [0, 0.1) is 22.7 Å². The number of nitrogens with zero attached hydrogens (tertiary/aromatic N) is 1. The van der Waals surface area contributed by atoms with Crippen LogP contribution in [0.4, 0.5) is 4.79 Å². The number of esters is 2. The Labute approximate surface area is 370 Å². The van der Waals surface area contributed by atoms with E-state index < -0.39 is 41.8 Å². The minimum absolute atomic E-state index is 0. The monoisotopic (exact) mass is 869 g/mol. The Morgan fingerprint density at radius 3 is 2.05 bits per heavy atom. The maximum absolute atomic E-state index is 13.5. The molecule has 3 heterocycles. The maximum atomic E-state index is 13.5. The number of rotatable bonds is 18. The number of nitrogens with one attached hydrogen (secondary N) is 2. The first-order chi connectivity index (χ1) is 28.8. The number of carbonyl (C=O) groups is 3. The van der Waals surface area contributed by atoms with Crippen molar-refractivity contribution in [1.82, 2.24) is 15.5 Å². The minimum Gasteiger partial charge on any atom is -0.497 e. The Bertz CT molecular complexity index is 1690. The number of benzene rings is 2. The van der Waals surface area contributed by atoms with Gasteiger partial charge in [0.15, 0.2) is 0 Å². The summed E-state index contributed by atoms with van der Waals surface area (Å²) in [5, 5.41) is 24.5. The molecule has 346 valence electrons. The van der Waals surface area contributed by atoms with Crippen LogP contribution in [0.2, 0.25) is 12.6 Å². The van der Waals surface area contributed by atoms with Crippen molar-refractivity contribution < 1.29 is 52.7 Å². The zero-order valence-electron chi connectivity index (χ0n) is 37.7. The van der Waals surface area contributed by atoms with Crippen LogP contribution < -0.4 is 21.1 Å². The van der Waals surface area contributed by atoms with Gasteiger partial charge in [0.1, 0.15) is 24.4 Å². The van der Waals surface area contributed by atoms with E-state index in [-0.39, 0.29) is 50.4 Å². The van der Waals surface area contributed by atoms with Gasteiger partial charge in [0.25, 0.3) is 0 Å². The fourth-order valence-electron chi connectivity index (χ4n) is 8.93. The summed E-state index contributed by atoms with van der Waals surface area (Å²) in [5.41, 5.74) is 6.07. The molecule has 0 bridgehead atoms. The van der Waals surface area contributed by atoms with Crippen molar-refractivity contribution in [3.05, 3.63) is 65.7 Å². The Morgan fingerprint density at radius 2 is 1.48 bits per heavy atom. The molecule has 1 amide bonds. The predicted octanol–water partition coefficient (Wildman–Crippen LogP) is 5.08. The van der Waals surface area contributed by atoms with Crippen LogP contribution >= 0.6 is 0 Å². The zero-order valence-corrected chi connectivity index (χ0v) is 37.7. The number of hydrogen-bond acceptors (Lipinski definition) is 14. The van der Waals surface area contributed by atoms with Crippen molar-refractivity contribution in [2.75, 3.05) is 47.5 Å². The molecule has 3 fully saturated rings. The van der Waals surface area contributed by atoms with Gasteiger partial charge in [-0.1, -0.05) is 76.6 Å². The van der Waals surface area contributed by atoms with Crippen LogP contribution in [0.5, 0.6) is 5.75 Å². The quantitative estimate of drug-likeness (QED) is 0.0755. The van der Waals surface area contributed by atoms with Crippen LogP contribution in [0.3, 0.4) is 0 Å². The van der Waals surface area contributed by atoms with E-state index in [2.05, 4.69) is 17.6 Å². The summed E-state index contributed by atoms with van der Waals surface area (Å²) >= 11 is 0. The third kappa shape index (κ3) is 13.0. The van der Waals surface area contributed by atoms with Crippen molar-refractivity contribution >= 4 is 32.3 Å². The van der Waals surface area contributed by atoms with Crippen LogP contribution in [0.15, 0.2) is 54.6 Å². The average molecular weight is 869 g/mol. The SMILES string of the molecule is C.COC(=O)[C@H]1N(C(=O)OCc2ccccc2)C[C@H](CNCc2ccc(OC)cc2)[C@@]1(C)CCCB1OC(C)(C)C(C)(C)O1.COC(=O)[C@H]1NC[C@H](CN)[C@@]1(C)CCCB(O)O. The van der Waals surface area contributed by atoms with E-state index in [1.165, 1.54) is 14.2 Å². The van der Waals surface area contributed by atoms with Crippen molar-refractivity contribution in [3.8, 4) is 5.75 Å². The van der Waals surface area contributed by atoms with Gasteiger partial charge in [0.05, 0.1) is 32.5 Å². The molecule has 3 aliphatic rings. The number of nitrogens with two attached hydrogens (primary N) is 1. The molecule has 2 aromatic rings. The van der Waals surface area contributed by atoms with Gasteiger partial charge in [0.2, 0.25) is 0 Å². The molecule has 0 aliphatic carbocycles. The summed E-state index contributed by atoms with van der Waals surface area (Å²) in [4.78, 5) is 40.2. The topological polar surface area (TPSA) is 200 Å². The van der Waals surface area contributed by atoms with Crippen LogP contribution in [-0.4, -0.2) is 118 Å². The second-order valence-corrected chi connectivity index (χ2v) is 18.1. The maximum Gasteiger partial charge on any atom is 0.457 e. The molecular formula is C45H74B2N4O11. The Kier molecular flexibility index (Phi) is 19.8. The smallest absolute Gasteiger partial charge is 0.457 e. The zero-order chi connectivity index (χ0) is 45.0. The molecule has 0 aromatic heterocycles. The first kappa shape index (κ1) is 52.6. The fourth-order valence-corrected chi connectivity index (χ4v) is 8.93. The van der Waals surface area contributed by atoms with Crippen LogP contribution in [0.25, 0.3) is 0 Å². The molecule has 3 aliphatic heterocycles. The number of hydrogen-bond donors (Lipinski definition) is 5. The van der Waals surface area contributed by atoms with Crippen molar-refractivity contribution in [2.24, 2.45) is 28.4 Å². The summed E-state index contributed by atoms with van der Waals surface area (Å²) in [5.74, 6) is 0.250. The summed E-state index contributed by atoms with van der Waals surface area (Å²) in [7, 11) is 2.77. The van der Waals surface area contributed by atoms with Gasteiger partial charge in [-0.2, -0.15) is 0 Å². The molecule has 0 spiro atoms. The summed E-state index contributed by atoms with van der Waals surface area (Å²) in [6.45, 7) is 15.2. The average Bonchev–Trinajstić information content (AvgIpc) is 3.79. The van der Waals surface area contributed by atoms with Gasteiger partial charge >= 0.3 is 32.3 Å². The van der Waals surface area contributed by atoms with Gasteiger partial charge in [-0.3, -0.25) is 9.69 Å². The number of ether oxygens (including phenoxy) is 4. The highest BCUT2D eigenvalue weighted by Crippen LogP contribution is 2.47. The van der Waals surface area contributed by atoms with E-state index in [0.29, 0.717) is 64.6 Å². The normalized spacial score (nSPS) is 25.9. The van der Waals surface area contributed by atoms with E-state index in [1.807, 2.05) is 89.2 Å². The Balaban J connectivity index is 0.000000453. The molecule has 0 saturated carbocycles. The molecule has 17 heteroatoms. The molecule has 62 heavy (non-hydrogen) atoms. The summed E-state index contributed by atoms with van der Waals surface area (Å²) < 4.78 is 33.5. The van der Waals surface area contributed by atoms with Gasteiger partial charge in [-0.25, -0.2) is 9.59 Å². The minimum atomic E-state index is -1.30. The molecule has 0 radical (unpaired) electrons. The lowest BCUT2D eigenvalue weighted by atomic mass is 9.69. The molecule has 2 aromatic carbocycles. The van der Waals surface area contributed by atoms with Gasteiger partial charge in [0, 0.05) is 31.6 Å². The number of likely N-dealkylation sites (tertiary alicyclic amines) is 1. The highest BCUT2D eigenvalue weighted by atomic mass is 16.7. The highest BCUT2D eigenvalue weighted by molar-refractivity contribution is 6.45. The first-order valence-corrected chi connectivity index (χ1v) is 21.5. The van der Waals surface area contributed by atoms with Crippen molar-refractivity contribution in [2.45, 2.75) is 124 Å². The van der Waals surface area contributed by atoms with Gasteiger partial charge < -0.3 is 54.7 Å². The van der Waals surface area contributed by atoms with Crippen LogP contribution in [0.1, 0.15) is 85.8 Å². The molecular weight excluding hydrogens is 794 g/mol. The Hall–Kier alpha value is -3.70. The standard InChI is InChI=1S/C33H47BN2O7.C11H23BN2O4.CH4/c1-31(2)32(3,4)43-34(42-31)19-11-18-33(5)26(21-35-20-24-14-16-27(39-6)17-15-24)22-36(28(33)29(37)40-7)30(38)41-23-25-12-9-8-10-13-25;1-11(4-3-5-12(16)17)8(6-13)7-14-9(11)10(15)18-2;/h8-10,12-17,26,28,35H,11,18-23H2,1-7H3;8-9,14,16-17H,3-7,13H2,1-2H3;1H4/t26-,28+,33+;8-,9+,11+;/m00./s1. The Morgan fingerprint density at radius 1 is 0.871 bits per heavy atom. The fraction of sp³-hybridized carbons (Fsp3) is 0.667. The van der Waals surface area contributed by atoms with Gasteiger partial charge in [-0.15, -0.1) is 0 Å². The summed E-state index contributed by atoms with van der Waals surface area (Å²) in [6.07, 6.45) is 3.24. The second-order valence-electron chi connectivity index (χ2n) is 18.1. The third-order valence-electron chi connectivity index (χ3n) is 13.5.